The Morgan fingerprint density at radius 3 is 2.46 bits per heavy atom. The van der Waals surface area contributed by atoms with E-state index in [-0.39, 0.29) is 0 Å². The molecule has 0 atom stereocenters. The highest BCUT2D eigenvalue weighted by Crippen LogP contribution is 2.15. The van der Waals surface area contributed by atoms with Crippen LogP contribution in [0.25, 0.3) is 0 Å². The Kier molecular flexibility index (Phi) is 8.10. The van der Waals surface area contributed by atoms with Crippen LogP contribution in [-0.4, -0.2) is 54.3 Å². The van der Waals surface area contributed by atoms with Crippen molar-refractivity contribution in [3.8, 4) is 0 Å². The molecule has 6 heteroatoms. The second-order valence-electron chi connectivity index (χ2n) is 7.15. The summed E-state index contributed by atoms with van der Waals surface area (Å²) in [6, 6.07) is 16.3. The zero-order valence-corrected chi connectivity index (χ0v) is 17.9. The van der Waals surface area contributed by atoms with Crippen LogP contribution < -0.4 is 5.32 Å². The number of hydrogen-bond donors (Lipinski definition) is 1. The SMILES string of the molecule is Cc1ccc(NC(=S)N(CCCN2CCOCC2)Cc2ccc(Cl)cc2)cc1. The summed E-state index contributed by atoms with van der Waals surface area (Å²) in [4.78, 5) is 4.69. The van der Waals surface area contributed by atoms with Crippen molar-refractivity contribution in [1.29, 1.82) is 0 Å². The minimum atomic E-state index is 0.751. The third-order valence-electron chi connectivity index (χ3n) is 4.88. The molecule has 1 N–H and O–H groups in total. The lowest BCUT2D eigenvalue weighted by molar-refractivity contribution is 0.0368. The fourth-order valence-corrected chi connectivity index (χ4v) is 3.61. The van der Waals surface area contributed by atoms with Crippen LogP contribution in [0.2, 0.25) is 5.02 Å². The van der Waals surface area contributed by atoms with Gasteiger partial charge in [0.2, 0.25) is 0 Å². The van der Waals surface area contributed by atoms with Gasteiger partial charge in [-0.25, -0.2) is 0 Å². The summed E-state index contributed by atoms with van der Waals surface area (Å²) < 4.78 is 5.44. The lowest BCUT2D eigenvalue weighted by atomic mass is 10.2. The van der Waals surface area contributed by atoms with Gasteiger partial charge in [-0.3, -0.25) is 4.90 Å². The molecule has 2 aromatic rings. The molecule has 150 valence electrons. The molecule has 2 aromatic carbocycles. The Hall–Kier alpha value is -1.66. The highest BCUT2D eigenvalue weighted by atomic mass is 35.5. The molecule has 0 amide bonds. The van der Waals surface area contributed by atoms with E-state index in [1.165, 1.54) is 11.1 Å². The summed E-state index contributed by atoms with van der Waals surface area (Å²) in [7, 11) is 0. The van der Waals surface area contributed by atoms with Crippen LogP contribution in [0, 0.1) is 6.92 Å². The number of nitrogens with zero attached hydrogens (tertiary/aromatic N) is 2. The summed E-state index contributed by atoms with van der Waals surface area (Å²) in [6.07, 6.45) is 1.06. The Bertz CT molecular complexity index is 745. The third kappa shape index (κ3) is 6.74. The molecule has 0 bridgehead atoms. The molecule has 28 heavy (non-hydrogen) atoms. The first-order valence-corrected chi connectivity index (χ1v) is 10.6. The van der Waals surface area contributed by atoms with Crippen molar-refractivity contribution in [3.05, 3.63) is 64.7 Å². The average molecular weight is 418 g/mol. The maximum atomic E-state index is 6.03. The summed E-state index contributed by atoms with van der Waals surface area (Å²) in [5.74, 6) is 0. The van der Waals surface area contributed by atoms with Gasteiger partial charge in [-0.15, -0.1) is 0 Å². The van der Waals surface area contributed by atoms with Gasteiger partial charge in [0.25, 0.3) is 0 Å². The molecule has 0 saturated carbocycles. The van der Waals surface area contributed by atoms with Crippen LogP contribution in [-0.2, 0) is 11.3 Å². The minimum absolute atomic E-state index is 0.751. The number of rotatable bonds is 7. The zero-order valence-electron chi connectivity index (χ0n) is 16.4. The van der Waals surface area contributed by atoms with Crippen LogP contribution in [0.15, 0.2) is 48.5 Å². The first-order valence-electron chi connectivity index (χ1n) is 9.77. The summed E-state index contributed by atoms with van der Waals surface area (Å²) in [6.45, 7) is 8.51. The number of morpholine rings is 1. The van der Waals surface area contributed by atoms with Crippen molar-refractivity contribution in [3.63, 3.8) is 0 Å². The number of hydrogen-bond acceptors (Lipinski definition) is 3. The summed E-state index contributed by atoms with van der Waals surface area (Å²) in [5, 5.41) is 4.89. The van der Waals surface area contributed by atoms with Crippen LogP contribution in [0.1, 0.15) is 17.5 Å². The first kappa shape index (κ1) is 21.1. The smallest absolute Gasteiger partial charge is 0.173 e. The van der Waals surface area contributed by atoms with Crippen molar-refractivity contribution >= 4 is 34.6 Å². The Morgan fingerprint density at radius 2 is 1.79 bits per heavy atom. The lowest BCUT2D eigenvalue weighted by Gasteiger charge is -2.29. The van der Waals surface area contributed by atoms with Gasteiger partial charge in [0.15, 0.2) is 5.11 Å². The van der Waals surface area contributed by atoms with E-state index in [0.29, 0.717) is 0 Å². The van der Waals surface area contributed by atoms with Crippen LogP contribution >= 0.6 is 23.8 Å². The molecular formula is C22H28ClN3OS. The molecule has 0 spiro atoms. The Labute approximate surface area is 178 Å². The number of nitrogens with one attached hydrogen (secondary N) is 1. The standard InChI is InChI=1S/C22H28ClN3OS/c1-18-3-9-21(10-4-18)24-22(28)26(17-19-5-7-20(23)8-6-19)12-2-11-25-13-15-27-16-14-25/h3-10H,2,11-17H2,1H3,(H,24,28). The van der Waals surface area contributed by atoms with Gasteiger partial charge in [0.1, 0.15) is 0 Å². The van der Waals surface area contributed by atoms with Crippen molar-refractivity contribution in [2.45, 2.75) is 19.9 Å². The van der Waals surface area contributed by atoms with Crippen molar-refractivity contribution in [2.24, 2.45) is 0 Å². The quantitative estimate of drug-likeness (QED) is 0.666. The second kappa shape index (κ2) is 10.8. The average Bonchev–Trinajstić information content (AvgIpc) is 2.71. The van der Waals surface area contributed by atoms with Crippen molar-refractivity contribution < 1.29 is 4.74 Å². The van der Waals surface area contributed by atoms with E-state index in [1.54, 1.807) is 0 Å². The molecule has 4 nitrogen and oxygen atoms in total. The van der Waals surface area contributed by atoms with Crippen molar-refractivity contribution in [1.82, 2.24) is 9.80 Å². The van der Waals surface area contributed by atoms with Crippen molar-refractivity contribution in [2.75, 3.05) is 44.7 Å². The van der Waals surface area contributed by atoms with E-state index >= 15 is 0 Å². The lowest BCUT2D eigenvalue weighted by Crippen LogP contribution is -2.40. The van der Waals surface area contributed by atoms with E-state index < -0.39 is 0 Å². The van der Waals surface area contributed by atoms with E-state index in [0.717, 1.165) is 68.2 Å². The highest BCUT2D eigenvalue weighted by molar-refractivity contribution is 7.80. The maximum Gasteiger partial charge on any atom is 0.173 e. The minimum Gasteiger partial charge on any atom is -0.379 e. The molecule has 1 aliphatic heterocycles. The van der Waals surface area contributed by atoms with Gasteiger partial charge in [-0.2, -0.15) is 0 Å². The third-order valence-corrected chi connectivity index (χ3v) is 5.50. The van der Waals surface area contributed by atoms with Gasteiger partial charge >= 0.3 is 0 Å². The molecule has 3 rings (SSSR count). The molecule has 0 radical (unpaired) electrons. The normalized spacial score (nSPS) is 14.6. The molecule has 1 saturated heterocycles. The summed E-state index contributed by atoms with van der Waals surface area (Å²) >= 11 is 11.8. The molecule has 1 fully saturated rings. The largest absolute Gasteiger partial charge is 0.379 e. The van der Waals surface area contributed by atoms with Crippen LogP contribution in [0.5, 0.6) is 0 Å². The van der Waals surface area contributed by atoms with Gasteiger partial charge < -0.3 is 15.0 Å². The first-order chi connectivity index (χ1) is 13.6. The number of anilines is 1. The fourth-order valence-electron chi connectivity index (χ4n) is 3.21. The Balaban J connectivity index is 1.61. The van der Waals surface area contributed by atoms with Gasteiger partial charge in [0, 0.05) is 43.4 Å². The number of ether oxygens (including phenoxy) is 1. The molecule has 0 unspecified atom stereocenters. The van der Waals surface area contributed by atoms with E-state index in [9.17, 15) is 0 Å². The molecule has 0 aliphatic carbocycles. The fraction of sp³-hybridized carbons (Fsp3) is 0.409. The number of aryl methyl sites for hydroxylation is 1. The van der Waals surface area contributed by atoms with Crippen LogP contribution in [0.3, 0.4) is 0 Å². The number of benzene rings is 2. The zero-order chi connectivity index (χ0) is 19.8. The van der Waals surface area contributed by atoms with E-state index in [4.69, 9.17) is 28.6 Å². The molecular weight excluding hydrogens is 390 g/mol. The molecule has 1 aliphatic rings. The second-order valence-corrected chi connectivity index (χ2v) is 7.97. The van der Waals surface area contributed by atoms with Gasteiger partial charge in [0.05, 0.1) is 13.2 Å². The predicted molar refractivity (Wildman–Crippen MR) is 121 cm³/mol. The summed E-state index contributed by atoms with van der Waals surface area (Å²) in [5.41, 5.74) is 3.45. The van der Waals surface area contributed by atoms with E-state index in [2.05, 4.69) is 58.4 Å². The number of halogens is 1. The van der Waals surface area contributed by atoms with Gasteiger partial charge in [-0.05, 0) is 55.4 Å². The predicted octanol–water partition coefficient (Wildman–Crippen LogP) is 4.57. The number of thiocarbonyl (C=S) groups is 1. The monoisotopic (exact) mass is 417 g/mol. The van der Waals surface area contributed by atoms with Crippen LogP contribution in [0.4, 0.5) is 5.69 Å². The highest BCUT2D eigenvalue weighted by Gasteiger charge is 2.14. The molecule has 0 aromatic heterocycles. The van der Waals surface area contributed by atoms with E-state index in [1.807, 2.05) is 12.1 Å². The molecule has 1 heterocycles. The Morgan fingerprint density at radius 1 is 1.11 bits per heavy atom. The van der Waals surface area contributed by atoms with Gasteiger partial charge in [-0.1, -0.05) is 41.4 Å². The maximum absolute atomic E-state index is 6.03. The topological polar surface area (TPSA) is 27.7 Å².